The summed E-state index contributed by atoms with van der Waals surface area (Å²) in [4.78, 5) is 24.8. The normalized spacial score (nSPS) is 12.9. The lowest BCUT2D eigenvalue weighted by molar-refractivity contribution is -0.142. The largest absolute Gasteiger partial charge is 0.480 e. The van der Waals surface area contributed by atoms with Crippen LogP contribution in [0, 0.1) is 5.41 Å². The fraction of sp³-hybridized carbons (Fsp3) is 0.846. The highest BCUT2D eigenvalue weighted by Crippen LogP contribution is 2.19. The fourth-order valence-corrected chi connectivity index (χ4v) is 1.59. The van der Waals surface area contributed by atoms with Crippen LogP contribution in [0.25, 0.3) is 0 Å². The topological polar surface area (TPSA) is 78.9 Å². The molecule has 2 N–H and O–H groups in total. The van der Waals surface area contributed by atoms with Gasteiger partial charge in [-0.2, -0.15) is 0 Å². The Morgan fingerprint density at radius 2 is 1.89 bits per heavy atom. The van der Waals surface area contributed by atoms with Crippen LogP contribution in [-0.2, 0) is 9.53 Å². The van der Waals surface area contributed by atoms with E-state index in [9.17, 15) is 9.59 Å². The molecule has 0 aromatic heterocycles. The van der Waals surface area contributed by atoms with Crippen LogP contribution in [0.4, 0.5) is 4.79 Å². The molecule has 112 valence electrons. The van der Waals surface area contributed by atoms with Crippen molar-refractivity contribution in [3.8, 4) is 0 Å². The molecular formula is C13H26N2O4. The molecule has 19 heavy (non-hydrogen) atoms. The molecule has 0 spiro atoms. The van der Waals surface area contributed by atoms with E-state index in [1.54, 1.807) is 20.8 Å². The lowest BCUT2D eigenvalue weighted by atomic mass is 9.87. The molecule has 0 radical (unpaired) electrons. The number of amides is 2. The van der Waals surface area contributed by atoms with Crippen LogP contribution in [0.5, 0.6) is 0 Å². The molecule has 6 nitrogen and oxygen atoms in total. The number of carbonyl (C=O) groups excluding carboxylic acids is 1. The Kier molecular flexibility index (Phi) is 7.44. The number of carbonyl (C=O) groups is 2. The summed E-state index contributed by atoms with van der Waals surface area (Å²) in [6.07, 6.45) is 0. The molecule has 0 fully saturated rings. The van der Waals surface area contributed by atoms with Gasteiger partial charge in [0.15, 0.2) is 0 Å². The zero-order valence-corrected chi connectivity index (χ0v) is 12.5. The van der Waals surface area contributed by atoms with Gasteiger partial charge in [0.2, 0.25) is 0 Å². The van der Waals surface area contributed by atoms with Gasteiger partial charge < -0.3 is 20.1 Å². The number of rotatable bonds is 7. The number of carboxylic acid groups (broad SMARTS) is 1. The molecule has 0 aromatic rings. The third-order valence-electron chi connectivity index (χ3n) is 2.76. The number of likely N-dealkylation sites (N-methyl/N-ethyl adjacent to an activating group) is 1. The van der Waals surface area contributed by atoms with E-state index in [4.69, 9.17) is 9.84 Å². The van der Waals surface area contributed by atoms with E-state index in [0.717, 1.165) is 0 Å². The smallest absolute Gasteiger partial charge is 0.326 e. The molecule has 0 saturated carbocycles. The van der Waals surface area contributed by atoms with E-state index in [0.29, 0.717) is 26.3 Å². The first kappa shape index (κ1) is 17.7. The number of aliphatic carboxylic acids is 1. The predicted molar refractivity (Wildman–Crippen MR) is 73.2 cm³/mol. The van der Waals surface area contributed by atoms with Crippen molar-refractivity contribution in [3.05, 3.63) is 0 Å². The quantitative estimate of drug-likeness (QED) is 0.690. The van der Waals surface area contributed by atoms with Crippen LogP contribution in [0.1, 0.15) is 34.6 Å². The molecule has 0 heterocycles. The average molecular weight is 274 g/mol. The van der Waals surface area contributed by atoms with Gasteiger partial charge in [-0.25, -0.2) is 9.59 Å². The Bertz CT molecular complexity index is 300. The van der Waals surface area contributed by atoms with Crippen molar-refractivity contribution in [2.45, 2.75) is 40.7 Å². The van der Waals surface area contributed by atoms with Gasteiger partial charge >= 0.3 is 12.0 Å². The van der Waals surface area contributed by atoms with Crippen LogP contribution in [0.3, 0.4) is 0 Å². The van der Waals surface area contributed by atoms with Crippen molar-refractivity contribution < 1.29 is 19.4 Å². The maximum atomic E-state index is 12.0. The summed E-state index contributed by atoms with van der Waals surface area (Å²) in [5.41, 5.74) is -0.541. The third-order valence-corrected chi connectivity index (χ3v) is 2.76. The third kappa shape index (κ3) is 6.42. The first-order chi connectivity index (χ1) is 8.73. The second kappa shape index (κ2) is 7.99. The number of ether oxygens (including phenoxy) is 1. The molecule has 0 rings (SSSR count). The highest BCUT2D eigenvalue weighted by Gasteiger charge is 2.33. The van der Waals surface area contributed by atoms with Gasteiger partial charge in [0.05, 0.1) is 6.61 Å². The fourth-order valence-electron chi connectivity index (χ4n) is 1.59. The number of urea groups is 1. The molecule has 0 aliphatic rings. The van der Waals surface area contributed by atoms with Crippen molar-refractivity contribution >= 4 is 12.0 Å². The zero-order valence-electron chi connectivity index (χ0n) is 12.5. The summed E-state index contributed by atoms with van der Waals surface area (Å²) in [6, 6.07) is -1.29. The first-order valence-electron chi connectivity index (χ1n) is 6.60. The van der Waals surface area contributed by atoms with Crippen molar-refractivity contribution in [2.75, 3.05) is 26.3 Å². The Labute approximate surface area is 115 Å². The molecular weight excluding hydrogens is 248 g/mol. The van der Waals surface area contributed by atoms with E-state index < -0.39 is 17.4 Å². The summed E-state index contributed by atoms with van der Waals surface area (Å²) in [7, 11) is 0. The lowest BCUT2D eigenvalue weighted by Crippen LogP contribution is -2.53. The van der Waals surface area contributed by atoms with Crippen LogP contribution in [-0.4, -0.2) is 54.4 Å². The first-order valence-corrected chi connectivity index (χ1v) is 6.60. The summed E-state index contributed by atoms with van der Waals surface area (Å²) in [5, 5.41) is 11.7. The summed E-state index contributed by atoms with van der Waals surface area (Å²) in [5.74, 6) is -1.03. The van der Waals surface area contributed by atoms with Gasteiger partial charge in [-0.05, 0) is 19.3 Å². The number of nitrogens with zero attached hydrogens (tertiary/aromatic N) is 1. The molecule has 0 aromatic carbocycles. The molecule has 0 aliphatic carbocycles. The van der Waals surface area contributed by atoms with Gasteiger partial charge in [-0.1, -0.05) is 20.8 Å². The summed E-state index contributed by atoms with van der Waals surface area (Å²) in [6.45, 7) is 11.1. The lowest BCUT2D eigenvalue weighted by Gasteiger charge is -2.30. The number of carboxylic acids is 1. The van der Waals surface area contributed by atoms with Crippen molar-refractivity contribution in [1.82, 2.24) is 10.2 Å². The van der Waals surface area contributed by atoms with Crippen LogP contribution in [0.2, 0.25) is 0 Å². The van der Waals surface area contributed by atoms with E-state index in [1.165, 1.54) is 4.90 Å². The Balaban J connectivity index is 4.56. The number of hydrogen-bond donors (Lipinski definition) is 2. The molecule has 6 heteroatoms. The maximum absolute atomic E-state index is 12.0. The van der Waals surface area contributed by atoms with E-state index in [1.807, 2.05) is 13.8 Å². The Morgan fingerprint density at radius 1 is 1.32 bits per heavy atom. The number of nitrogens with one attached hydrogen (secondary N) is 1. The van der Waals surface area contributed by atoms with Crippen molar-refractivity contribution in [3.63, 3.8) is 0 Å². The molecule has 2 amide bonds. The van der Waals surface area contributed by atoms with Gasteiger partial charge in [0.25, 0.3) is 0 Å². The van der Waals surface area contributed by atoms with Crippen LogP contribution >= 0.6 is 0 Å². The SMILES string of the molecule is CCOCCN(CC)C(=O)N[C@H](C(=O)O)C(C)(C)C. The zero-order chi connectivity index (χ0) is 15.1. The minimum absolute atomic E-state index is 0.371. The van der Waals surface area contributed by atoms with Gasteiger partial charge in [-0.3, -0.25) is 0 Å². The maximum Gasteiger partial charge on any atom is 0.326 e. The molecule has 0 bridgehead atoms. The summed E-state index contributed by atoms with van der Waals surface area (Å²) < 4.78 is 5.20. The molecule has 0 aliphatic heterocycles. The Morgan fingerprint density at radius 3 is 2.26 bits per heavy atom. The molecule has 1 atom stereocenters. The number of hydrogen-bond acceptors (Lipinski definition) is 3. The Hall–Kier alpha value is -1.30. The van der Waals surface area contributed by atoms with E-state index in [2.05, 4.69) is 5.32 Å². The highest BCUT2D eigenvalue weighted by atomic mass is 16.5. The molecule has 0 saturated heterocycles. The summed E-state index contributed by atoms with van der Waals surface area (Å²) >= 11 is 0. The standard InChI is InChI=1S/C13H26N2O4/c1-6-15(8-9-19-7-2)12(18)14-10(11(16)17)13(3,4)5/h10H,6-9H2,1-5H3,(H,14,18)(H,16,17)/t10-/m1/s1. The average Bonchev–Trinajstić information content (AvgIpc) is 2.29. The second-order valence-electron chi connectivity index (χ2n) is 5.36. The minimum Gasteiger partial charge on any atom is -0.480 e. The van der Waals surface area contributed by atoms with E-state index in [-0.39, 0.29) is 6.03 Å². The van der Waals surface area contributed by atoms with Crippen LogP contribution < -0.4 is 5.32 Å². The van der Waals surface area contributed by atoms with E-state index >= 15 is 0 Å². The minimum atomic E-state index is -1.03. The van der Waals surface area contributed by atoms with Crippen molar-refractivity contribution in [2.24, 2.45) is 5.41 Å². The van der Waals surface area contributed by atoms with Gasteiger partial charge in [0, 0.05) is 19.7 Å². The monoisotopic (exact) mass is 274 g/mol. The predicted octanol–water partition coefficient (Wildman–Crippen LogP) is 1.55. The van der Waals surface area contributed by atoms with Crippen molar-refractivity contribution in [1.29, 1.82) is 0 Å². The highest BCUT2D eigenvalue weighted by molar-refractivity contribution is 5.83. The van der Waals surface area contributed by atoms with Gasteiger partial charge in [0.1, 0.15) is 6.04 Å². The molecule has 0 unspecified atom stereocenters. The van der Waals surface area contributed by atoms with Gasteiger partial charge in [-0.15, -0.1) is 0 Å². The second-order valence-corrected chi connectivity index (χ2v) is 5.36. The van der Waals surface area contributed by atoms with Crippen LogP contribution in [0.15, 0.2) is 0 Å².